The second-order valence-corrected chi connectivity index (χ2v) is 7.77. The quantitative estimate of drug-likeness (QED) is 0.658. The second-order valence-electron chi connectivity index (χ2n) is 7.33. The number of rotatable bonds is 3. The highest BCUT2D eigenvalue weighted by atomic mass is 35.5. The third kappa shape index (κ3) is 5.03. The molecule has 0 heterocycles. The van der Waals surface area contributed by atoms with Crippen LogP contribution in [0.1, 0.15) is 40.0 Å². The van der Waals surface area contributed by atoms with Crippen LogP contribution < -0.4 is 5.32 Å². The van der Waals surface area contributed by atoms with Crippen molar-refractivity contribution in [3.05, 3.63) is 40.9 Å². The van der Waals surface area contributed by atoms with Crippen molar-refractivity contribution in [3.63, 3.8) is 0 Å². The van der Waals surface area contributed by atoms with Gasteiger partial charge in [0.15, 0.2) is 11.6 Å². The van der Waals surface area contributed by atoms with Crippen molar-refractivity contribution in [1.29, 1.82) is 0 Å². The van der Waals surface area contributed by atoms with Gasteiger partial charge in [0.25, 0.3) is 0 Å². The van der Waals surface area contributed by atoms with E-state index in [1.165, 1.54) is 0 Å². The summed E-state index contributed by atoms with van der Waals surface area (Å²) in [5, 5.41) is 3.30. The molecule has 4 nitrogen and oxygen atoms in total. The summed E-state index contributed by atoms with van der Waals surface area (Å²) in [5.41, 5.74) is 0.856. The van der Waals surface area contributed by atoms with E-state index in [-0.39, 0.29) is 41.3 Å². The highest BCUT2D eigenvalue weighted by Gasteiger charge is 2.34. The van der Waals surface area contributed by atoms with Crippen LogP contribution in [-0.2, 0) is 14.4 Å². The van der Waals surface area contributed by atoms with Gasteiger partial charge in [-0.05, 0) is 36.1 Å². The molecule has 128 valence electrons. The number of anilines is 1. The summed E-state index contributed by atoms with van der Waals surface area (Å²) in [4.78, 5) is 36.8. The SMILES string of the molecule is CC(C)(C)CC=C1C(=O)CC(C(=O)Nc2ccc(Cl)cc2)CC1=O. The number of allylic oxidation sites excluding steroid dienone is 2. The van der Waals surface area contributed by atoms with Crippen LogP contribution in [0.2, 0.25) is 5.02 Å². The Labute approximate surface area is 147 Å². The van der Waals surface area contributed by atoms with Crippen molar-refractivity contribution in [2.45, 2.75) is 40.0 Å². The molecule has 0 bridgehead atoms. The minimum Gasteiger partial charge on any atom is -0.326 e. The van der Waals surface area contributed by atoms with Crippen LogP contribution in [0.15, 0.2) is 35.9 Å². The van der Waals surface area contributed by atoms with E-state index in [2.05, 4.69) is 5.32 Å². The number of hydrogen-bond acceptors (Lipinski definition) is 3. The molecule has 1 amide bonds. The van der Waals surface area contributed by atoms with E-state index in [0.717, 1.165) is 0 Å². The smallest absolute Gasteiger partial charge is 0.228 e. The number of hydrogen-bond donors (Lipinski definition) is 1. The number of carbonyl (C=O) groups is 3. The van der Waals surface area contributed by atoms with Crippen LogP contribution in [0.3, 0.4) is 0 Å². The van der Waals surface area contributed by atoms with E-state index >= 15 is 0 Å². The summed E-state index contributed by atoms with van der Waals surface area (Å²) < 4.78 is 0. The lowest BCUT2D eigenvalue weighted by Gasteiger charge is -2.22. The number of amides is 1. The van der Waals surface area contributed by atoms with Gasteiger partial charge in [0.1, 0.15) is 0 Å². The maximum absolute atomic E-state index is 12.3. The van der Waals surface area contributed by atoms with Gasteiger partial charge in [-0.1, -0.05) is 38.4 Å². The summed E-state index contributed by atoms with van der Waals surface area (Å²) >= 11 is 5.80. The molecule has 1 aliphatic carbocycles. The largest absolute Gasteiger partial charge is 0.326 e. The maximum atomic E-state index is 12.3. The van der Waals surface area contributed by atoms with Gasteiger partial charge in [-0.2, -0.15) is 0 Å². The average molecular weight is 348 g/mol. The predicted molar refractivity (Wildman–Crippen MR) is 95.0 cm³/mol. The monoisotopic (exact) mass is 347 g/mol. The molecule has 5 heteroatoms. The number of ketones is 2. The highest BCUT2D eigenvalue weighted by Crippen LogP contribution is 2.27. The first-order valence-electron chi connectivity index (χ1n) is 7.99. The fourth-order valence-corrected chi connectivity index (χ4v) is 2.62. The molecule has 1 fully saturated rings. The normalized spacial score (nSPS) is 18.5. The Hall–Kier alpha value is -1.94. The van der Waals surface area contributed by atoms with Crippen molar-refractivity contribution in [2.75, 3.05) is 5.32 Å². The zero-order valence-corrected chi connectivity index (χ0v) is 14.9. The van der Waals surface area contributed by atoms with Crippen LogP contribution in [0.25, 0.3) is 0 Å². The number of benzene rings is 1. The first-order chi connectivity index (χ1) is 11.2. The molecule has 0 aromatic heterocycles. The lowest BCUT2D eigenvalue weighted by Crippen LogP contribution is -2.34. The summed E-state index contributed by atoms with van der Waals surface area (Å²) in [7, 11) is 0. The molecule has 1 saturated carbocycles. The topological polar surface area (TPSA) is 63.2 Å². The van der Waals surface area contributed by atoms with E-state index < -0.39 is 5.92 Å². The Morgan fingerprint density at radius 2 is 1.71 bits per heavy atom. The minimum atomic E-state index is -0.618. The van der Waals surface area contributed by atoms with Gasteiger partial charge in [0.05, 0.1) is 11.5 Å². The molecule has 0 aliphatic heterocycles. The van der Waals surface area contributed by atoms with Gasteiger partial charge >= 0.3 is 0 Å². The number of halogens is 1. The lowest BCUT2D eigenvalue weighted by molar-refractivity contribution is -0.131. The maximum Gasteiger partial charge on any atom is 0.228 e. The van der Waals surface area contributed by atoms with Crippen molar-refractivity contribution in [2.24, 2.45) is 11.3 Å². The number of Topliss-reactive ketones (excluding diaryl/α,β-unsaturated/α-hetero) is 2. The first kappa shape index (κ1) is 18.4. The van der Waals surface area contributed by atoms with E-state index in [9.17, 15) is 14.4 Å². The minimum absolute atomic E-state index is 0.0103. The summed E-state index contributed by atoms with van der Waals surface area (Å²) in [5.74, 6) is -1.42. The summed E-state index contributed by atoms with van der Waals surface area (Å²) in [6, 6.07) is 6.70. The number of nitrogens with one attached hydrogen (secondary N) is 1. The van der Waals surface area contributed by atoms with Crippen molar-refractivity contribution < 1.29 is 14.4 Å². The van der Waals surface area contributed by atoms with E-state index in [0.29, 0.717) is 17.1 Å². The van der Waals surface area contributed by atoms with Crippen LogP contribution >= 0.6 is 11.6 Å². The molecular formula is C19H22ClNO3. The fraction of sp³-hybridized carbons (Fsp3) is 0.421. The van der Waals surface area contributed by atoms with Gasteiger partial charge in [-0.25, -0.2) is 0 Å². The van der Waals surface area contributed by atoms with Gasteiger partial charge in [0.2, 0.25) is 5.91 Å². The van der Waals surface area contributed by atoms with Crippen molar-refractivity contribution in [1.82, 2.24) is 0 Å². The van der Waals surface area contributed by atoms with Crippen LogP contribution in [0.5, 0.6) is 0 Å². The van der Waals surface area contributed by atoms with E-state index in [1.54, 1.807) is 30.3 Å². The molecule has 0 unspecified atom stereocenters. The predicted octanol–water partition coefficient (Wildman–Crippen LogP) is 4.19. The van der Waals surface area contributed by atoms with Crippen LogP contribution in [-0.4, -0.2) is 17.5 Å². The molecule has 1 aromatic rings. The second kappa shape index (κ2) is 7.31. The van der Waals surface area contributed by atoms with Gasteiger partial charge in [0, 0.05) is 23.6 Å². The van der Waals surface area contributed by atoms with Crippen LogP contribution in [0, 0.1) is 11.3 Å². The average Bonchev–Trinajstić information content (AvgIpc) is 2.47. The Bertz CT molecular complexity index is 664. The van der Waals surface area contributed by atoms with Gasteiger partial charge in [-0.15, -0.1) is 0 Å². The standard InChI is InChI=1S/C19H22ClNO3/c1-19(2,3)9-8-15-16(22)10-12(11-17(15)23)18(24)21-14-6-4-13(20)5-7-14/h4-8,12H,9-11H2,1-3H3,(H,21,24). The first-order valence-corrected chi connectivity index (χ1v) is 8.36. The Balaban J connectivity index is 2.02. The molecule has 1 N–H and O–H groups in total. The summed E-state index contributed by atoms with van der Waals surface area (Å²) in [6.45, 7) is 6.14. The molecule has 0 radical (unpaired) electrons. The Morgan fingerprint density at radius 1 is 1.17 bits per heavy atom. The van der Waals surface area contributed by atoms with E-state index in [1.807, 2.05) is 20.8 Å². The van der Waals surface area contributed by atoms with Crippen molar-refractivity contribution in [3.8, 4) is 0 Å². The van der Waals surface area contributed by atoms with E-state index in [4.69, 9.17) is 11.6 Å². The molecule has 0 saturated heterocycles. The fourth-order valence-electron chi connectivity index (χ4n) is 2.49. The Kier molecular flexibility index (Phi) is 5.60. The number of carbonyl (C=O) groups excluding carboxylic acids is 3. The zero-order chi connectivity index (χ0) is 17.9. The third-order valence-electron chi connectivity index (χ3n) is 3.87. The molecule has 0 atom stereocenters. The molecule has 2 rings (SSSR count). The molecule has 1 aromatic carbocycles. The van der Waals surface area contributed by atoms with Crippen LogP contribution in [0.4, 0.5) is 5.69 Å². The highest BCUT2D eigenvalue weighted by molar-refractivity contribution is 6.30. The molecule has 0 spiro atoms. The summed E-state index contributed by atoms with van der Waals surface area (Å²) in [6.07, 6.45) is 2.52. The van der Waals surface area contributed by atoms with Gasteiger partial charge < -0.3 is 5.32 Å². The molecular weight excluding hydrogens is 326 g/mol. The van der Waals surface area contributed by atoms with Gasteiger partial charge in [-0.3, -0.25) is 14.4 Å². The molecule has 24 heavy (non-hydrogen) atoms. The lowest BCUT2D eigenvalue weighted by atomic mass is 9.81. The molecule has 1 aliphatic rings. The zero-order valence-electron chi connectivity index (χ0n) is 14.2. The van der Waals surface area contributed by atoms with Crippen molar-refractivity contribution >= 4 is 34.8 Å². The third-order valence-corrected chi connectivity index (χ3v) is 4.12. The Morgan fingerprint density at radius 3 is 2.21 bits per heavy atom.